The standard InChI is InChI=1S/C15H21N3O3/c1-10(2)21-14-5-3-4-13(15(14)18(19)20)17-8-11-6-16-7-12(11)9-17/h3-5,10-12,16H,6-9H2,1-2H3/t11-,12+. The van der Waals surface area contributed by atoms with Gasteiger partial charge in [-0.3, -0.25) is 10.1 Å². The number of benzene rings is 1. The molecule has 2 aliphatic rings. The van der Waals surface area contributed by atoms with Crippen LogP contribution in [0.25, 0.3) is 0 Å². The second-order valence-corrected chi connectivity index (χ2v) is 6.13. The predicted molar refractivity (Wildman–Crippen MR) is 80.9 cm³/mol. The van der Waals surface area contributed by atoms with Gasteiger partial charge >= 0.3 is 5.69 Å². The van der Waals surface area contributed by atoms with Crippen LogP contribution in [0.2, 0.25) is 0 Å². The van der Waals surface area contributed by atoms with Gasteiger partial charge in [0.25, 0.3) is 0 Å². The Hall–Kier alpha value is -1.82. The summed E-state index contributed by atoms with van der Waals surface area (Å²) in [5.74, 6) is 1.56. The van der Waals surface area contributed by atoms with E-state index in [0.717, 1.165) is 26.2 Å². The van der Waals surface area contributed by atoms with Crippen molar-refractivity contribution in [2.24, 2.45) is 11.8 Å². The molecule has 0 amide bonds. The first-order chi connectivity index (χ1) is 10.1. The summed E-state index contributed by atoms with van der Waals surface area (Å²) in [6, 6.07) is 5.35. The van der Waals surface area contributed by atoms with Crippen LogP contribution >= 0.6 is 0 Å². The molecule has 1 aromatic rings. The van der Waals surface area contributed by atoms with Crippen LogP contribution in [0.15, 0.2) is 18.2 Å². The third-order valence-electron chi connectivity index (χ3n) is 4.25. The maximum Gasteiger partial charge on any atom is 0.333 e. The highest BCUT2D eigenvalue weighted by Crippen LogP contribution is 2.41. The molecule has 114 valence electrons. The summed E-state index contributed by atoms with van der Waals surface area (Å²) in [5.41, 5.74) is 0.784. The van der Waals surface area contributed by atoms with E-state index in [1.165, 1.54) is 0 Å². The highest BCUT2D eigenvalue weighted by molar-refractivity contribution is 5.70. The summed E-state index contributed by atoms with van der Waals surface area (Å²) in [6.07, 6.45) is -0.0823. The van der Waals surface area contributed by atoms with E-state index >= 15 is 0 Å². The smallest absolute Gasteiger partial charge is 0.333 e. The number of hydrogen-bond acceptors (Lipinski definition) is 5. The fourth-order valence-electron chi connectivity index (χ4n) is 3.35. The monoisotopic (exact) mass is 291 g/mol. The van der Waals surface area contributed by atoms with Crippen molar-refractivity contribution in [3.63, 3.8) is 0 Å². The number of nitro groups is 1. The van der Waals surface area contributed by atoms with Gasteiger partial charge in [-0.05, 0) is 37.8 Å². The zero-order chi connectivity index (χ0) is 15.0. The lowest BCUT2D eigenvalue weighted by Gasteiger charge is -2.21. The van der Waals surface area contributed by atoms with Gasteiger partial charge in [0.2, 0.25) is 0 Å². The number of nitro benzene ring substituents is 1. The van der Waals surface area contributed by atoms with Crippen LogP contribution in [0.1, 0.15) is 13.8 Å². The van der Waals surface area contributed by atoms with Gasteiger partial charge < -0.3 is 15.0 Å². The molecule has 1 N–H and O–H groups in total. The molecular formula is C15H21N3O3. The number of hydrogen-bond donors (Lipinski definition) is 1. The van der Waals surface area contributed by atoms with Gasteiger partial charge in [0.05, 0.1) is 11.0 Å². The van der Waals surface area contributed by atoms with Crippen LogP contribution in [0, 0.1) is 22.0 Å². The lowest BCUT2D eigenvalue weighted by molar-refractivity contribution is -0.385. The predicted octanol–water partition coefficient (Wildman–Crippen LogP) is 2.04. The molecule has 2 heterocycles. The van der Waals surface area contributed by atoms with Crippen molar-refractivity contribution in [2.75, 3.05) is 31.1 Å². The summed E-state index contributed by atoms with van der Waals surface area (Å²) < 4.78 is 5.62. The second kappa shape index (κ2) is 5.52. The molecular weight excluding hydrogens is 270 g/mol. The van der Waals surface area contributed by atoms with Gasteiger partial charge in [0.15, 0.2) is 5.75 Å². The van der Waals surface area contributed by atoms with Crippen molar-refractivity contribution in [1.82, 2.24) is 5.32 Å². The van der Waals surface area contributed by atoms with E-state index in [1.807, 2.05) is 26.0 Å². The van der Waals surface area contributed by atoms with Crippen LogP contribution in [-0.4, -0.2) is 37.2 Å². The van der Waals surface area contributed by atoms with Crippen molar-refractivity contribution in [3.8, 4) is 5.75 Å². The maximum absolute atomic E-state index is 11.5. The Morgan fingerprint density at radius 3 is 2.57 bits per heavy atom. The quantitative estimate of drug-likeness (QED) is 0.679. The third kappa shape index (κ3) is 2.68. The molecule has 3 rings (SSSR count). The van der Waals surface area contributed by atoms with E-state index in [2.05, 4.69) is 10.2 Å². The molecule has 1 aromatic carbocycles. The Kier molecular flexibility index (Phi) is 3.71. The molecule has 0 spiro atoms. The van der Waals surface area contributed by atoms with Gasteiger partial charge in [-0.2, -0.15) is 0 Å². The van der Waals surface area contributed by atoms with Gasteiger partial charge in [0, 0.05) is 26.2 Å². The van der Waals surface area contributed by atoms with E-state index in [9.17, 15) is 10.1 Å². The molecule has 21 heavy (non-hydrogen) atoms. The summed E-state index contributed by atoms with van der Waals surface area (Å²) >= 11 is 0. The van der Waals surface area contributed by atoms with E-state index in [0.29, 0.717) is 23.3 Å². The molecule has 2 atom stereocenters. The van der Waals surface area contributed by atoms with E-state index in [1.54, 1.807) is 6.07 Å². The summed E-state index contributed by atoms with van der Waals surface area (Å²) in [6.45, 7) is 7.53. The number of rotatable bonds is 4. The zero-order valence-electron chi connectivity index (χ0n) is 12.4. The van der Waals surface area contributed by atoms with Crippen molar-refractivity contribution in [1.29, 1.82) is 0 Å². The molecule has 2 fully saturated rings. The fraction of sp³-hybridized carbons (Fsp3) is 0.600. The Morgan fingerprint density at radius 2 is 2.00 bits per heavy atom. The molecule has 0 saturated carbocycles. The number of anilines is 1. The van der Waals surface area contributed by atoms with Gasteiger partial charge in [-0.1, -0.05) is 6.07 Å². The first-order valence-electron chi connectivity index (χ1n) is 7.46. The van der Waals surface area contributed by atoms with Crippen LogP contribution in [0.5, 0.6) is 5.75 Å². The maximum atomic E-state index is 11.5. The van der Waals surface area contributed by atoms with Crippen molar-refractivity contribution >= 4 is 11.4 Å². The minimum absolute atomic E-state index is 0.0823. The Labute approximate surface area is 124 Å². The highest BCUT2D eigenvalue weighted by atomic mass is 16.6. The third-order valence-corrected chi connectivity index (χ3v) is 4.25. The number of para-hydroxylation sites is 1. The Bertz CT molecular complexity index is 535. The molecule has 0 aromatic heterocycles. The molecule has 0 bridgehead atoms. The molecule has 0 radical (unpaired) electrons. The lowest BCUT2D eigenvalue weighted by atomic mass is 10.0. The Balaban J connectivity index is 1.92. The topological polar surface area (TPSA) is 67.6 Å². The highest BCUT2D eigenvalue weighted by Gasteiger charge is 2.38. The molecule has 0 aliphatic carbocycles. The van der Waals surface area contributed by atoms with Crippen LogP contribution in [0.4, 0.5) is 11.4 Å². The van der Waals surface area contributed by atoms with Crippen LogP contribution < -0.4 is 15.0 Å². The molecule has 6 heteroatoms. The van der Waals surface area contributed by atoms with E-state index in [-0.39, 0.29) is 16.7 Å². The van der Waals surface area contributed by atoms with Crippen LogP contribution in [-0.2, 0) is 0 Å². The summed E-state index contributed by atoms with van der Waals surface area (Å²) in [4.78, 5) is 13.3. The van der Waals surface area contributed by atoms with Crippen LogP contribution in [0.3, 0.4) is 0 Å². The Morgan fingerprint density at radius 1 is 1.33 bits per heavy atom. The first-order valence-corrected chi connectivity index (χ1v) is 7.46. The lowest BCUT2D eigenvalue weighted by Crippen LogP contribution is -2.26. The number of nitrogens with zero attached hydrogens (tertiary/aromatic N) is 2. The van der Waals surface area contributed by atoms with Crippen molar-refractivity contribution in [2.45, 2.75) is 20.0 Å². The largest absolute Gasteiger partial charge is 0.484 e. The summed E-state index contributed by atoms with van der Waals surface area (Å²) in [7, 11) is 0. The average molecular weight is 291 g/mol. The normalized spacial score (nSPS) is 24.4. The van der Waals surface area contributed by atoms with Gasteiger partial charge in [-0.25, -0.2) is 0 Å². The minimum Gasteiger partial charge on any atom is -0.484 e. The van der Waals surface area contributed by atoms with Gasteiger partial charge in [-0.15, -0.1) is 0 Å². The van der Waals surface area contributed by atoms with Gasteiger partial charge in [0.1, 0.15) is 5.69 Å². The molecule has 6 nitrogen and oxygen atoms in total. The van der Waals surface area contributed by atoms with Crippen molar-refractivity contribution in [3.05, 3.63) is 28.3 Å². The molecule has 2 aliphatic heterocycles. The first kappa shape index (κ1) is 14.1. The van der Waals surface area contributed by atoms with E-state index in [4.69, 9.17) is 4.74 Å². The zero-order valence-corrected chi connectivity index (χ0v) is 12.4. The summed E-state index contributed by atoms with van der Waals surface area (Å²) in [5, 5.41) is 14.9. The number of nitrogens with one attached hydrogen (secondary N) is 1. The van der Waals surface area contributed by atoms with E-state index < -0.39 is 0 Å². The number of fused-ring (bicyclic) bond motifs is 1. The molecule has 2 saturated heterocycles. The van der Waals surface area contributed by atoms with Crippen molar-refractivity contribution < 1.29 is 9.66 Å². The number of ether oxygens (including phenoxy) is 1. The SMILES string of the molecule is CC(C)Oc1cccc(N2C[C@H]3CNC[C@H]3C2)c1[N+](=O)[O-]. The minimum atomic E-state index is -0.320. The fourth-order valence-corrected chi connectivity index (χ4v) is 3.35. The average Bonchev–Trinajstić information content (AvgIpc) is 2.97. The second-order valence-electron chi connectivity index (χ2n) is 6.13. The molecule has 0 unspecified atom stereocenters.